The summed E-state index contributed by atoms with van der Waals surface area (Å²) in [5, 5.41) is 0. The lowest BCUT2D eigenvalue weighted by Gasteiger charge is -2.32. The van der Waals surface area contributed by atoms with Crippen LogP contribution in [0.5, 0.6) is 0 Å². The van der Waals surface area contributed by atoms with E-state index in [9.17, 15) is 0 Å². The summed E-state index contributed by atoms with van der Waals surface area (Å²) in [4.78, 5) is 9.77. The molecule has 2 aliphatic heterocycles. The van der Waals surface area contributed by atoms with E-state index >= 15 is 0 Å². The second-order valence-electron chi connectivity index (χ2n) is 7.38. The van der Waals surface area contributed by atoms with Gasteiger partial charge in [-0.1, -0.05) is 0 Å². The van der Waals surface area contributed by atoms with Crippen molar-refractivity contribution in [1.82, 2.24) is 19.6 Å². The summed E-state index contributed by atoms with van der Waals surface area (Å²) in [6.07, 6.45) is 4.36. The summed E-state index contributed by atoms with van der Waals surface area (Å²) in [6, 6.07) is 0. The third kappa shape index (κ3) is 9.87. The fraction of sp³-hybridized carbons (Fsp3) is 0.947. The lowest BCUT2D eigenvalue weighted by Crippen LogP contribution is -2.45. The minimum absolute atomic E-state index is 0.842. The molecule has 2 heterocycles. The predicted octanol–water partition coefficient (Wildman–Crippen LogP) is 0.499. The van der Waals surface area contributed by atoms with E-state index in [1.54, 1.807) is 0 Å². The van der Waals surface area contributed by atoms with Gasteiger partial charge < -0.3 is 19.3 Å². The highest BCUT2D eigenvalue weighted by Crippen LogP contribution is 2.01. The van der Waals surface area contributed by atoms with Crippen LogP contribution in [0.25, 0.3) is 0 Å². The largest absolute Gasteiger partial charge is 0.380 e. The smallest absolute Gasteiger partial charge is 0.0593 e. The molecule has 0 bridgehead atoms. The molecule has 0 aromatic rings. The van der Waals surface area contributed by atoms with E-state index in [2.05, 4.69) is 40.1 Å². The first kappa shape index (κ1) is 21.1. The molecule has 147 valence electrons. The van der Waals surface area contributed by atoms with Gasteiger partial charge in [-0.2, -0.15) is 0 Å². The standard InChI is InChI=1S/C19H39N4O2/c1-20-6-10-22(11-7-20)14-18-24-16-4-3-5-17-25-19-15-23-12-8-21(2)9-13-23/h3H,4-19H2,1-2H3. The Morgan fingerprint density at radius 2 is 1.00 bits per heavy atom. The summed E-state index contributed by atoms with van der Waals surface area (Å²) in [5.74, 6) is 0. The summed E-state index contributed by atoms with van der Waals surface area (Å²) in [7, 11) is 4.39. The first-order valence-electron chi connectivity index (χ1n) is 10.0. The molecule has 0 aromatic carbocycles. The molecule has 0 spiro atoms. The first-order valence-corrected chi connectivity index (χ1v) is 10.0. The maximum Gasteiger partial charge on any atom is 0.0593 e. The minimum Gasteiger partial charge on any atom is -0.380 e. The van der Waals surface area contributed by atoms with Crippen LogP contribution in [0.4, 0.5) is 0 Å². The summed E-state index contributed by atoms with van der Waals surface area (Å²) >= 11 is 0. The van der Waals surface area contributed by atoms with Gasteiger partial charge in [-0.05, 0) is 33.4 Å². The van der Waals surface area contributed by atoms with Crippen LogP contribution in [0.15, 0.2) is 0 Å². The van der Waals surface area contributed by atoms with Gasteiger partial charge in [-0.3, -0.25) is 9.80 Å². The minimum atomic E-state index is 0.842. The lowest BCUT2D eigenvalue weighted by molar-refractivity contribution is 0.0775. The zero-order chi connectivity index (χ0) is 17.7. The molecule has 0 unspecified atom stereocenters. The average molecular weight is 356 g/mol. The molecule has 0 N–H and O–H groups in total. The third-order valence-electron chi connectivity index (χ3n) is 5.23. The molecule has 6 nitrogen and oxygen atoms in total. The van der Waals surface area contributed by atoms with Crippen LogP contribution >= 0.6 is 0 Å². The van der Waals surface area contributed by atoms with Gasteiger partial charge in [0.25, 0.3) is 0 Å². The molecule has 0 aromatic heterocycles. The maximum atomic E-state index is 5.74. The van der Waals surface area contributed by atoms with Crippen molar-refractivity contribution in [3.63, 3.8) is 0 Å². The molecular weight excluding hydrogens is 316 g/mol. The van der Waals surface area contributed by atoms with Crippen LogP contribution in [0.2, 0.25) is 0 Å². The van der Waals surface area contributed by atoms with Gasteiger partial charge in [0.1, 0.15) is 0 Å². The molecule has 1 radical (unpaired) electrons. The van der Waals surface area contributed by atoms with Gasteiger partial charge in [-0.15, -0.1) is 0 Å². The van der Waals surface area contributed by atoms with Crippen molar-refractivity contribution in [3.8, 4) is 0 Å². The molecule has 2 fully saturated rings. The fourth-order valence-electron chi connectivity index (χ4n) is 3.21. The van der Waals surface area contributed by atoms with E-state index in [4.69, 9.17) is 9.47 Å². The monoisotopic (exact) mass is 355 g/mol. The Bertz CT molecular complexity index is 287. The fourth-order valence-corrected chi connectivity index (χ4v) is 3.21. The van der Waals surface area contributed by atoms with E-state index in [0.29, 0.717) is 0 Å². The number of hydrogen-bond donors (Lipinski definition) is 0. The van der Waals surface area contributed by atoms with Gasteiger partial charge in [0.15, 0.2) is 0 Å². The third-order valence-corrected chi connectivity index (χ3v) is 5.23. The molecular formula is C19H39N4O2. The first-order chi connectivity index (χ1) is 12.2. The predicted molar refractivity (Wildman–Crippen MR) is 103 cm³/mol. The molecule has 2 saturated heterocycles. The molecule has 2 rings (SSSR count). The van der Waals surface area contributed by atoms with Gasteiger partial charge in [0, 0.05) is 78.7 Å². The molecule has 2 aliphatic rings. The molecule has 0 amide bonds. The normalized spacial score (nSPS) is 21.8. The van der Waals surface area contributed by atoms with Crippen LogP contribution in [0.1, 0.15) is 12.8 Å². The van der Waals surface area contributed by atoms with Crippen LogP contribution in [0, 0.1) is 6.42 Å². The Hall–Kier alpha value is -0.240. The lowest BCUT2D eigenvalue weighted by atomic mass is 10.2. The van der Waals surface area contributed by atoms with Crippen molar-refractivity contribution in [1.29, 1.82) is 0 Å². The molecule has 0 saturated carbocycles. The van der Waals surface area contributed by atoms with E-state index < -0.39 is 0 Å². The summed E-state index contributed by atoms with van der Waals surface area (Å²) in [5.41, 5.74) is 0. The SMILES string of the molecule is CN1CCN(CCOCC[CH]CCOCCN2CCN(C)CC2)CC1. The van der Waals surface area contributed by atoms with E-state index in [0.717, 1.165) is 52.4 Å². The Morgan fingerprint density at radius 3 is 1.40 bits per heavy atom. The van der Waals surface area contributed by atoms with Crippen molar-refractivity contribution in [2.45, 2.75) is 12.8 Å². The highest BCUT2D eigenvalue weighted by Gasteiger charge is 2.13. The Morgan fingerprint density at radius 1 is 0.600 bits per heavy atom. The quantitative estimate of drug-likeness (QED) is 0.474. The zero-order valence-electron chi connectivity index (χ0n) is 16.5. The number of piperazine rings is 2. The second kappa shape index (κ2) is 13.0. The van der Waals surface area contributed by atoms with Gasteiger partial charge >= 0.3 is 0 Å². The molecule has 0 atom stereocenters. The Kier molecular flexibility index (Phi) is 11.0. The number of likely N-dealkylation sites (N-methyl/N-ethyl adjacent to an activating group) is 2. The zero-order valence-corrected chi connectivity index (χ0v) is 16.5. The maximum absolute atomic E-state index is 5.74. The van der Waals surface area contributed by atoms with Crippen LogP contribution in [-0.4, -0.2) is 126 Å². The van der Waals surface area contributed by atoms with Gasteiger partial charge in [0.2, 0.25) is 0 Å². The summed E-state index contributed by atoms with van der Waals surface area (Å²) in [6.45, 7) is 15.0. The van der Waals surface area contributed by atoms with E-state index in [-0.39, 0.29) is 0 Å². The van der Waals surface area contributed by atoms with Crippen molar-refractivity contribution in [2.75, 3.05) is 106 Å². The highest BCUT2D eigenvalue weighted by molar-refractivity contribution is 4.70. The van der Waals surface area contributed by atoms with Crippen LogP contribution < -0.4 is 0 Å². The highest BCUT2D eigenvalue weighted by atomic mass is 16.5. The number of hydrogen-bond acceptors (Lipinski definition) is 6. The molecule has 6 heteroatoms. The van der Waals surface area contributed by atoms with Gasteiger partial charge in [-0.25, -0.2) is 0 Å². The number of unbranched alkanes of at least 4 members (excludes halogenated alkanes) is 2. The summed E-state index contributed by atoms with van der Waals surface area (Å²) < 4.78 is 11.5. The Labute approximate surface area is 155 Å². The average Bonchev–Trinajstić information content (AvgIpc) is 2.63. The van der Waals surface area contributed by atoms with Crippen LogP contribution in [-0.2, 0) is 9.47 Å². The van der Waals surface area contributed by atoms with E-state index in [1.807, 2.05) is 0 Å². The topological polar surface area (TPSA) is 31.4 Å². The van der Waals surface area contributed by atoms with Crippen molar-refractivity contribution >= 4 is 0 Å². The number of rotatable bonds is 12. The van der Waals surface area contributed by atoms with Gasteiger partial charge in [0.05, 0.1) is 13.2 Å². The van der Waals surface area contributed by atoms with Crippen molar-refractivity contribution in [2.24, 2.45) is 0 Å². The van der Waals surface area contributed by atoms with Crippen molar-refractivity contribution in [3.05, 3.63) is 6.42 Å². The second-order valence-corrected chi connectivity index (χ2v) is 7.38. The van der Waals surface area contributed by atoms with Crippen LogP contribution in [0.3, 0.4) is 0 Å². The molecule has 0 aliphatic carbocycles. The number of ether oxygens (including phenoxy) is 2. The Balaban J connectivity index is 1.28. The van der Waals surface area contributed by atoms with Crippen molar-refractivity contribution < 1.29 is 9.47 Å². The van der Waals surface area contributed by atoms with E-state index in [1.165, 1.54) is 52.4 Å². The number of nitrogens with zero attached hydrogens (tertiary/aromatic N) is 4. The molecule has 25 heavy (non-hydrogen) atoms.